The van der Waals surface area contributed by atoms with Crippen LogP contribution in [0.1, 0.15) is 11.6 Å². The Balaban J connectivity index is 2.15. The number of benzene rings is 2. The average Bonchev–Trinajstić information content (AvgIpc) is 3.04. The van der Waals surface area contributed by atoms with Gasteiger partial charge >= 0.3 is 0 Å². The first-order valence-electron chi connectivity index (χ1n) is 6.92. The van der Waals surface area contributed by atoms with Crippen LogP contribution in [-0.2, 0) is 0 Å². The molecule has 0 aliphatic heterocycles. The number of fused-ring (bicyclic) bond motifs is 1. The van der Waals surface area contributed by atoms with Crippen molar-refractivity contribution < 1.29 is 19.0 Å². The molecule has 22 heavy (non-hydrogen) atoms. The van der Waals surface area contributed by atoms with Gasteiger partial charge in [0, 0.05) is 5.56 Å². The Morgan fingerprint density at radius 3 is 2.68 bits per heavy atom. The minimum Gasteiger partial charge on any atom is -0.496 e. The Hall–Kier alpha value is -2.50. The highest BCUT2D eigenvalue weighted by atomic mass is 16.5. The standard InChI is InChI=1S/C17H17NO4/c1-20-16-12-7-8-21-17(12)15(9-13(16)14(18)10-19)22-11-5-3-2-4-6-11/h2-9,14,19H,10,18H2,1H3/t14-/m0/s1. The Bertz CT molecular complexity index is 767. The molecule has 0 bridgehead atoms. The maximum absolute atomic E-state index is 9.37. The quantitative estimate of drug-likeness (QED) is 0.756. The summed E-state index contributed by atoms with van der Waals surface area (Å²) in [4.78, 5) is 0. The second-order valence-corrected chi connectivity index (χ2v) is 4.86. The molecule has 0 amide bonds. The molecule has 0 aliphatic rings. The van der Waals surface area contributed by atoms with Crippen molar-refractivity contribution in [1.29, 1.82) is 0 Å². The molecule has 1 heterocycles. The number of hydrogen-bond acceptors (Lipinski definition) is 5. The maximum atomic E-state index is 9.37. The molecule has 114 valence electrons. The van der Waals surface area contributed by atoms with Gasteiger partial charge in [-0.15, -0.1) is 0 Å². The molecule has 0 saturated carbocycles. The minimum atomic E-state index is -0.563. The van der Waals surface area contributed by atoms with E-state index in [1.54, 1.807) is 25.5 Å². The van der Waals surface area contributed by atoms with E-state index < -0.39 is 6.04 Å². The first-order chi connectivity index (χ1) is 10.7. The lowest BCUT2D eigenvalue weighted by Crippen LogP contribution is -2.15. The molecular weight excluding hydrogens is 282 g/mol. The molecule has 0 radical (unpaired) electrons. The number of rotatable bonds is 5. The number of furan rings is 1. The molecular formula is C17H17NO4. The molecule has 0 saturated heterocycles. The fourth-order valence-corrected chi connectivity index (χ4v) is 2.40. The molecule has 0 spiro atoms. The summed E-state index contributed by atoms with van der Waals surface area (Å²) in [5.41, 5.74) is 7.23. The van der Waals surface area contributed by atoms with E-state index in [9.17, 15) is 5.11 Å². The average molecular weight is 299 g/mol. The lowest BCUT2D eigenvalue weighted by molar-refractivity contribution is 0.264. The third-order valence-corrected chi connectivity index (χ3v) is 3.45. The number of aliphatic hydroxyl groups is 1. The van der Waals surface area contributed by atoms with Gasteiger partial charge in [-0.1, -0.05) is 18.2 Å². The van der Waals surface area contributed by atoms with Gasteiger partial charge in [0.1, 0.15) is 11.5 Å². The Morgan fingerprint density at radius 2 is 2.00 bits per heavy atom. The van der Waals surface area contributed by atoms with Gasteiger partial charge in [-0.3, -0.25) is 0 Å². The summed E-state index contributed by atoms with van der Waals surface area (Å²) in [6, 6.07) is 12.4. The number of methoxy groups -OCH3 is 1. The topological polar surface area (TPSA) is 77.9 Å². The number of nitrogens with two attached hydrogens (primary N) is 1. The van der Waals surface area contributed by atoms with Crippen LogP contribution in [0.4, 0.5) is 0 Å². The summed E-state index contributed by atoms with van der Waals surface area (Å²) in [6.07, 6.45) is 1.57. The van der Waals surface area contributed by atoms with Crippen LogP contribution in [0.3, 0.4) is 0 Å². The largest absolute Gasteiger partial charge is 0.496 e. The van der Waals surface area contributed by atoms with Crippen LogP contribution < -0.4 is 15.2 Å². The number of aliphatic hydroxyl groups excluding tert-OH is 1. The molecule has 5 heteroatoms. The van der Waals surface area contributed by atoms with Gasteiger partial charge in [0.15, 0.2) is 11.3 Å². The van der Waals surface area contributed by atoms with Gasteiger partial charge in [-0.05, 0) is 24.3 Å². The molecule has 1 aromatic heterocycles. The summed E-state index contributed by atoms with van der Waals surface area (Å²) in [6.45, 7) is -0.190. The monoisotopic (exact) mass is 299 g/mol. The fraction of sp³-hybridized carbons (Fsp3) is 0.176. The number of para-hydroxylation sites is 1. The highest BCUT2D eigenvalue weighted by molar-refractivity contribution is 5.90. The molecule has 3 aromatic rings. The molecule has 2 aromatic carbocycles. The smallest absolute Gasteiger partial charge is 0.180 e. The summed E-state index contributed by atoms with van der Waals surface area (Å²) >= 11 is 0. The van der Waals surface area contributed by atoms with Crippen molar-refractivity contribution in [1.82, 2.24) is 0 Å². The van der Waals surface area contributed by atoms with Crippen LogP contribution in [0.5, 0.6) is 17.2 Å². The Morgan fingerprint density at radius 1 is 1.23 bits per heavy atom. The van der Waals surface area contributed by atoms with Crippen LogP contribution in [0.15, 0.2) is 53.1 Å². The van der Waals surface area contributed by atoms with Crippen molar-refractivity contribution in [3.05, 3.63) is 54.3 Å². The van der Waals surface area contributed by atoms with Gasteiger partial charge in [0.25, 0.3) is 0 Å². The zero-order chi connectivity index (χ0) is 15.5. The zero-order valence-electron chi connectivity index (χ0n) is 12.2. The molecule has 0 aliphatic carbocycles. The summed E-state index contributed by atoms with van der Waals surface area (Å²) in [5.74, 6) is 1.81. The van der Waals surface area contributed by atoms with Crippen LogP contribution in [0.25, 0.3) is 11.0 Å². The Kier molecular flexibility index (Phi) is 4.00. The third kappa shape index (κ3) is 2.52. The van der Waals surface area contributed by atoms with E-state index in [1.807, 2.05) is 30.3 Å². The third-order valence-electron chi connectivity index (χ3n) is 3.45. The Labute approximate surface area is 127 Å². The van der Waals surface area contributed by atoms with Gasteiger partial charge < -0.3 is 24.7 Å². The first kappa shape index (κ1) is 14.4. The lowest BCUT2D eigenvalue weighted by atomic mass is 10.0. The molecule has 0 fully saturated rings. The van der Waals surface area contributed by atoms with Crippen molar-refractivity contribution in [2.75, 3.05) is 13.7 Å². The van der Waals surface area contributed by atoms with Crippen LogP contribution in [-0.4, -0.2) is 18.8 Å². The van der Waals surface area contributed by atoms with Crippen LogP contribution >= 0.6 is 0 Å². The van der Waals surface area contributed by atoms with E-state index in [0.717, 1.165) is 5.39 Å². The van der Waals surface area contributed by atoms with Crippen molar-refractivity contribution >= 4 is 11.0 Å². The van der Waals surface area contributed by atoms with Crippen molar-refractivity contribution in [2.45, 2.75) is 6.04 Å². The van der Waals surface area contributed by atoms with Crippen molar-refractivity contribution in [2.24, 2.45) is 5.73 Å². The molecule has 3 N–H and O–H groups in total. The predicted molar refractivity (Wildman–Crippen MR) is 83.3 cm³/mol. The van der Waals surface area contributed by atoms with E-state index in [0.29, 0.717) is 28.4 Å². The van der Waals surface area contributed by atoms with Crippen LogP contribution in [0, 0.1) is 0 Å². The van der Waals surface area contributed by atoms with Gasteiger partial charge in [-0.2, -0.15) is 0 Å². The van der Waals surface area contributed by atoms with Gasteiger partial charge in [0.2, 0.25) is 0 Å². The second kappa shape index (κ2) is 6.09. The highest BCUT2D eigenvalue weighted by Crippen LogP contribution is 2.41. The lowest BCUT2D eigenvalue weighted by Gasteiger charge is -2.16. The zero-order valence-corrected chi connectivity index (χ0v) is 12.2. The predicted octanol–water partition coefficient (Wildman–Crippen LogP) is 3.23. The summed E-state index contributed by atoms with van der Waals surface area (Å²) < 4.78 is 16.9. The van der Waals surface area contributed by atoms with E-state index in [1.165, 1.54) is 0 Å². The summed E-state index contributed by atoms with van der Waals surface area (Å²) in [7, 11) is 1.56. The second-order valence-electron chi connectivity index (χ2n) is 4.86. The number of ether oxygens (including phenoxy) is 2. The van der Waals surface area contributed by atoms with Crippen LogP contribution in [0.2, 0.25) is 0 Å². The minimum absolute atomic E-state index is 0.190. The fourth-order valence-electron chi connectivity index (χ4n) is 2.40. The van der Waals surface area contributed by atoms with E-state index in [2.05, 4.69) is 0 Å². The molecule has 0 unspecified atom stereocenters. The van der Waals surface area contributed by atoms with Crippen molar-refractivity contribution in [3.8, 4) is 17.2 Å². The highest BCUT2D eigenvalue weighted by Gasteiger charge is 2.20. The van der Waals surface area contributed by atoms with E-state index in [-0.39, 0.29) is 6.61 Å². The summed E-state index contributed by atoms with van der Waals surface area (Å²) in [5, 5.41) is 10.1. The molecule has 3 rings (SSSR count). The van der Waals surface area contributed by atoms with Gasteiger partial charge in [-0.25, -0.2) is 0 Å². The van der Waals surface area contributed by atoms with E-state index in [4.69, 9.17) is 19.6 Å². The normalized spacial score (nSPS) is 12.3. The van der Waals surface area contributed by atoms with Gasteiger partial charge in [0.05, 0.1) is 31.4 Å². The number of hydrogen-bond donors (Lipinski definition) is 2. The van der Waals surface area contributed by atoms with E-state index >= 15 is 0 Å². The molecule has 1 atom stereocenters. The van der Waals surface area contributed by atoms with Crippen molar-refractivity contribution in [3.63, 3.8) is 0 Å². The molecule has 5 nitrogen and oxygen atoms in total. The first-order valence-corrected chi connectivity index (χ1v) is 6.92. The maximum Gasteiger partial charge on any atom is 0.180 e. The SMILES string of the molecule is COc1c([C@@H](N)CO)cc(Oc2ccccc2)c2occc12.